The number of benzene rings is 3. The van der Waals surface area contributed by atoms with E-state index < -0.39 is 0 Å². The first kappa shape index (κ1) is 21.6. The van der Waals surface area contributed by atoms with Gasteiger partial charge in [-0.3, -0.25) is 4.79 Å². The molecule has 0 fully saturated rings. The third-order valence-electron chi connectivity index (χ3n) is 6.06. The van der Waals surface area contributed by atoms with Gasteiger partial charge >= 0.3 is 0 Å². The topological polar surface area (TPSA) is 64.6 Å². The van der Waals surface area contributed by atoms with Crippen LogP contribution in [0.25, 0.3) is 22.6 Å². The minimum absolute atomic E-state index is 0.0302. The quantitative estimate of drug-likeness (QED) is 0.426. The van der Waals surface area contributed by atoms with E-state index in [0.717, 1.165) is 33.8 Å². The molecule has 170 valence electrons. The lowest BCUT2D eigenvalue weighted by Gasteiger charge is -2.30. The summed E-state index contributed by atoms with van der Waals surface area (Å²) >= 11 is 0. The number of nitrogens with zero attached hydrogens (tertiary/aromatic N) is 3. The third-order valence-corrected chi connectivity index (χ3v) is 6.06. The minimum Gasteiger partial charge on any atom is -0.497 e. The van der Waals surface area contributed by atoms with Gasteiger partial charge in [-0.2, -0.15) is 0 Å². The summed E-state index contributed by atoms with van der Waals surface area (Å²) in [4.78, 5) is 25.0. The van der Waals surface area contributed by atoms with Gasteiger partial charge < -0.3 is 14.4 Å². The molecule has 1 amide bonds. The average molecular weight is 452 g/mol. The van der Waals surface area contributed by atoms with Crippen molar-refractivity contribution in [2.75, 3.05) is 20.8 Å². The van der Waals surface area contributed by atoms with Crippen LogP contribution in [-0.2, 0) is 13.0 Å². The van der Waals surface area contributed by atoms with E-state index in [-0.39, 0.29) is 5.91 Å². The second-order valence-corrected chi connectivity index (χ2v) is 8.12. The van der Waals surface area contributed by atoms with Crippen molar-refractivity contribution in [3.8, 4) is 34.1 Å². The number of carbonyl (C=O) groups excluding carboxylic acids is 1. The molecule has 1 aromatic heterocycles. The molecule has 6 heteroatoms. The molecule has 0 saturated carbocycles. The molecule has 0 N–H and O–H groups in total. The fraction of sp³-hybridized carbons (Fsp3) is 0.179. The minimum atomic E-state index is -0.0302. The van der Waals surface area contributed by atoms with E-state index in [1.807, 2.05) is 77.7 Å². The average Bonchev–Trinajstić information content (AvgIpc) is 2.92. The molecule has 0 spiro atoms. The summed E-state index contributed by atoms with van der Waals surface area (Å²) in [5.74, 6) is 2.11. The largest absolute Gasteiger partial charge is 0.497 e. The number of hydrogen-bond acceptors (Lipinski definition) is 5. The Morgan fingerprint density at radius 1 is 0.824 bits per heavy atom. The van der Waals surface area contributed by atoms with Crippen LogP contribution in [-0.4, -0.2) is 41.5 Å². The highest BCUT2D eigenvalue weighted by atomic mass is 16.5. The Morgan fingerprint density at radius 3 is 2.32 bits per heavy atom. The lowest BCUT2D eigenvalue weighted by molar-refractivity contribution is 0.0733. The maximum atomic E-state index is 13.3. The van der Waals surface area contributed by atoms with Crippen LogP contribution in [0, 0.1) is 0 Å². The normalized spacial score (nSPS) is 12.7. The summed E-state index contributed by atoms with van der Waals surface area (Å²) in [6.45, 7) is 1.04. The third kappa shape index (κ3) is 4.22. The number of aromatic nitrogens is 2. The summed E-state index contributed by atoms with van der Waals surface area (Å²) in [5, 5.41) is 0. The maximum absolute atomic E-state index is 13.3. The van der Waals surface area contributed by atoms with E-state index in [1.165, 1.54) is 0 Å². The van der Waals surface area contributed by atoms with Gasteiger partial charge in [0.25, 0.3) is 5.91 Å². The van der Waals surface area contributed by atoms with Gasteiger partial charge in [0.05, 0.1) is 25.6 Å². The van der Waals surface area contributed by atoms with Gasteiger partial charge in [0.2, 0.25) is 0 Å². The van der Waals surface area contributed by atoms with Gasteiger partial charge in [0, 0.05) is 41.8 Å². The van der Waals surface area contributed by atoms with Crippen molar-refractivity contribution in [3.05, 3.63) is 95.7 Å². The summed E-state index contributed by atoms with van der Waals surface area (Å²) in [5.41, 5.74) is 5.34. The van der Waals surface area contributed by atoms with Crippen molar-refractivity contribution in [2.45, 2.75) is 13.0 Å². The van der Waals surface area contributed by atoms with Crippen LogP contribution in [0.4, 0.5) is 0 Å². The molecule has 0 radical (unpaired) electrons. The number of fused-ring (bicyclic) bond motifs is 1. The number of amides is 1. The lowest BCUT2D eigenvalue weighted by atomic mass is 9.98. The van der Waals surface area contributed by atoms with Crippen LogP contribution in [0.1, 0.15) is 21.6 Å². The van der Waals surface area contributed by atoms with E-state index >= 15 is 0 Å². The van der Waals surface area contributed by atoms with E-state index in [2.05, 4.69) is 0 Å². The zero-order chi connectivity index (χ0) is 23.5. The number of rotatable bonds is 5. The standard InChI is InChI=1S/C28H25N3O3/c1-33-22-13-11-19(12-14-22)26-24-18-31(28(32)21-9-6-10-23(17-21)34-2)16-15-25(24)29-27(30-26)20-7-4-3-5-8-20/h3-14,17H,15-16,18H2,1-2H3. The van der Waals surface area contributed by atoms with Gasteiger partial charge in [-0.15, -0.1) is 0 Å². The van der Waals surface area contributed by atoms with Gasteiger partial charge in [-0.1, -0.05) is 36.4 Å². The highest BCUT2D eigenvalue weighted by Crippen LogP contribution is 2.32. The van der Waals surface area contributed by atoms with Gasteiger partial charge in [-0.05, 0) is 42.5 Å². The number of methoxy groups -OCH3 is 2. The molecular formula is C28H25N3O3. The van der Waals surface area contributed by atoms with Crippen LogP contribution in [0.2, 0.25) is 0 Å². The zero-order valence-corrected chi connectivity index (χ0v) is 19.2. The highest BCUT2D eigenvalue weighted by molar-refractivity contribution is 5.95. The lowest BCUT2D eigenvalue weighted by Crippen LogP contribution is -2.37. The van der Waals surface area contributed by atoms with Crippen LogP contribution in [0.15, 0.2) is 78.9 Å². The molecule has 2 heterocycles. The van der Waals surface area contributed by atoms with E-state index in [9.17, 15) is 4.79 Å². The Hall–Kier alpha value is -4.19. The Morgan fingerprint density at radius 2 is 1.59 bits per heavy atom. The molecule has 0 bridgehead atoms. The molecule has 0 unspecified atom stereocenters. The van der Waals surface area contributed by atoms with Gasteiger partial charge in [-0.25, -0.2) is 9.97 Å². The summed E-state index contributed by atoms with van der Waals surface area (Å²) in [6, 6.07) is 25.1. The molecule has 0 atom stereocenters. The molecule has 4 aromatic rings. The maximum Gasteiger partial charge on any atom is 0.254 e. The molecule has 0 aliphatic carbocycles. The van der Waals surface area contributed by atoms with Crippen molar-refractivity contribution >= 4 is 5.91 Å². The van der Waals surface area contributed by atoms with E-state index in [1.54, 1.807) is 20.3 Å². The van der Waals surface area contributed by atoms with Crippen molar-refractivity contribution in [1.29, 1.82) is 0 Å². The molecule has 1 aliphatic rings. The summed E-state index contributed by atoms with van der Waals surface area (Å²) in [7, 11) is 3.25. The number of ether oxygens (including phenoxy) is 2. The van der Waals surface area contributed by atoms with Crippen LogP contribution < -0.4 is 9.47 Å². The first-order chi connectivity index (χ1) is 16.7. The Labute approximate surface area is 198 Å². The van der Waals surface area contributed by atoms with Crippen LogP contribution in [0.5, 0.6) is 11.5 Å². The Kier molecular flexibility index (Phi) is 5.95. The highest BCUT2D eigenvalue weighted by Gasteiger charge is 2.27. The monoisotopic (exact) mass is 451 g/mol. The Balaban J connectivity index is 1.56. The van der Waals surface area contributed by atoms with E-state index in [0.29, 0.717) is 36.6 Å². The predicted octanol–water partition coefficient (Wildman–Crippen LogP) is 5.03. The SMILES string of the molecule is COc1ccc(-c2nc(-c3ccccc3)nc3c2CN(C(=O)c2cccc(OC)c2)CC3)cc1. The van der Waals surface area contributed by atoms with Crippen molar-refractivity contribution < 1.29 is 14.3 Å². The van der Waals surface area contributed by atoms with Crippen molar-refractivity contribution in [3.63, 3.8) is 0 Å². The predicted molar refractivity (Wildman–Crippen MR) is 131 cm³/mol. The van der Waals surface area contributed by atoms with Crippen LogP contribution >= 0.6 is 0 Å². The fourth-order valence-corrected chi connectivity index (χ4v) is 4.23. The second-order valence-electron chi connectivity index (χ2n) is 8.12. The van der Waals surface area contributed by atoms with Gasteiger partial charge in [0.1, 0.15) is 11.5 Å². The van der Waals surface area contributed by atoms with Crippen molar-refractivity contribution in [1.82, 2.24) is 14.9 Å². The first-order valence-electron chi connectivity index (χ1n) is 11.2. The van der Waals surface area contributed by atoms with Crippen molar-refractivity contribution in [2.24, 2.45) is 0 Å². The molecule has 6 nitrogen and oxygen atoms in total. The number of carbonyl (C=O) groups is 1. The molecule has 5 rings (SSSR count). The smallest absolute Gasteiger partial charge is 0.254 e. The van der Waals surface area contributed by atoms with Gasteiger partial charge in [0.15, 0.2) is 5.82 Å². The second kappa shape index (κ2) is 9.35. The molecule has 34 heavy (non-hydrogen) atoms. The molecule has 0 saturated heterocycles. The first-order valence-corrected chi connectivity index (χ1v) is 11.2. The Bertz CT molecular complexity index is 1320. The van der Waals surface area contributed by atoms with Crippen LogP contribution in [0.3, 0.4) is 0 Å². The molecular weight excluding hydrogens is 426 g/mol. The number of hydrogen-bond donors (Lipinski definition) is 0. The zero-order valence-electron chi connectivity index (χ0n) is 19.2. The summed E-state index contributed by atoms with van der Waals surface area (Å²) < 4.78 is 10.6. The summed E-state index contributed by atoms with van der Waals surface area (Å²) in [6.07, 6.45) is 0.663. The fourth-order valence-electron chi connectivity index (χ4n) is 4.23. The van der Waals surface area contributed by atoms with E-state index in [4.69, 9.17) is 19.4 Å². The molecule has 3 aromatic carbocycles. The molecule has 1 aliphatic heterocycles.